The van der Waals surface area contributed by atoms with Gasteiger partial charge in [0.2, 0.25) is 0 Å². The molecule has 5 nitrogen and oxygen atoms in total. The van der Waals surface area contributed by atoms with E-state index in [1.54, 1.807) is 31.3 Å². The molecule has 6 heteroatoms. The van der Waals surface area contributed by atoms with Crippen LogP contribution in [0, 0.1) is 6.92 Å². The molecule has 0 saturated heterocycles. The Balaban J connectivity index is 2.09. The molecule has 24 heavy (non-hydrogen) atoms. The number of hydrogen-bond acceptors (Lipinski definition) is 4. The molecule has 0 aliphatic carbocycles. The first kappa shape index (κ1) is 16.5. The lowest BCUT2D eigenvalue weighted by Gasteiger charge is -2.10. The quantitative estimate of drug-likeness (QED) is 0.710. The van der Waals surface area contributed by atoms with Crippen LogP contribution in [0.3, 0.4) is 0 Å². The highest BCUT2D eigenvalue weighted by atomic mass is 32.2. The van der Waals surface area contributed by atoms with Gasteiger partial charge < -0.3 is 4.74 Å². The zero-order chi connectivity index (χ0) is 17.3. The smallest absolute Gasteiger partial charge is 0.269 e. The Kier molecular flexibility index (Phi) is 4.32. The van der Waals surface area contributed by atoms with E-state index in [-0.39, 0.29) is 4.90 Å². The summed E-state index contributed by atoms with van der Waals surface area (Å²) in [7, 11) is -3.65. The first-order valence-electron chi connectivity index (χ1n) is 7.92. The van der Waals surface area contributed by atoms with E-state index in [1.165, 1.54) is 3.97 Å². The van der Waals surface area contributed by atoms with Gasteiger partial charge in [-0.2, -0.15) is 0 Å². The van der Waals surface area contributed by atoms with Gasteiger partial charge in [-0.25, -0.2) is 17.4 Å². The van der Waals surface area contributed by atoms with Crippen molar-refractivity contribution < 1.29 is 13.2 Å². The van der Waals surface area contributed by atoms with Crippen LogP contribution >= 0.6 is 0 Å². The Hall–Kier alpha value is -2.34. The highest BCUT2D eigenvalue weighted by Crippen LogP contribution is 2.25. The summed E-state index contributed by atoms with van der Waals surface area (Å²) in [5.41, 5.74) is 0.692. The second-order valence-corrected chi connectivity index (χ2v) is 7.37. The Morgan fingerprint density at radius 2 is 1.79 bits per heavy atom. The number of imidazole rings is 1. The molecular formula is C18H20N2O3S. The summed E-state index contributed by atoms with van der Waals surface area (Å²) >= 11 is 0. The molecule has 0 spiro atoms. The molecule has 0 atom stereocenters. The Labute approximate surface area is 142 Å². The number of ether oxygens (including phenoxy) is 1. The monoisotopic (exact) mass is 344 g/mol. The van der Waals surface area contributed by atoms with Crippen LogP contribution < -0.4 is 4.74 Å². The van der Waals surface area contributed by atoms with E-state index in [1.807, 2.05) is 32.0 Å². The van der Waals surface area contributed by atoms with Crippen molar-refractivity contribution in [1.82, 2.24) is 8.96 Å². The van der Waals surface area contributed by atoms with Crippen molar-refractivity contribution in [1.29, 1.82) is 0 Å². The molecule has 0 amide bonds. The van der Waals surface area contributed by atoms with Gasteiger partial charge in [-0.3, -0.25) is 0 Å². The van der Waals surface area contributed by atoms with Crippen LogP contribution in [0.15, 0.2) is 47.5 Å². The van der Waals surface area contributed by atoms with Crippen LogP contribution in [0.25, 0.3) is 10.8 Å². The second kappa shape index (κ2) is 6.28. The Morgan fingerprint density at radius 3 is 2.50 bits per heavy atom. The van der Waals surface area contributed by atoms with E-state index in [0.717, 1.165) is 16.5 Å². The standard InChI is InChI=1S/C18H20N2O3S/c1-4-18-19-13(3)12-20(18)24(21,22)17-9-7-14-10-16(23-5-2)8-6-15(14)11-17/h6-12H,4-5H2,1-3H3. The predicted molar refractivity (Wildman–Crippen MR) is 94.0 cm³/mol. The fourth-order valence-corrected chi connectivity index (χ4v) is 4.18. The molecule has 0 unspecified atom stereocenters. The zero-order valence-corrected chi connectivity index (χ0v) is 14.8. The average molecular weight is 344 g/mol. The van der Waals surface area contributed by atoms with Crippen molar-refractivity contribution >= 4 is 20.8 Å². The lowest BCUT2D eigenvalue weighted by Crippen LogP contribution is -2.15. The van der Waals surface area contributed by atoms with Gasteiger partial charge in [0.25, 0.3) is 10.0 Å². The molecular weight excluding hydrogens is 324 g/mol. The SMILES string of the molecule is CCOc1ccc2cc(S(=O)(=O)n3cc(C)nc3CC)ccc2c1. The van der Waals surface area contributed by atoms with Crippen molar-refractivity contribution in [3.63, 3.8) is 0 Å². The molecule has 1 aromatic heterocycles. The molecule has 0 radical (unpaired) electrons. The van der Waals surface area contributed by atoms with Gasteiger partial charge in [0.15, 0.2) is 0 Å². The lowest BCUT2D eigenvalue weighted by molar-refractivity contribution is 0.341. The van der Waals surface area contributed by atoms with E-state index >= 15 is 0 Å². The van der Waals surface area contributed by atoms with Crippen LogP contribution in [-0.2, 0) is 16.4 Å². The van der Waals surface area contributed by atoms with E-state index in [2.05, 4.69) is 4.98 Å². The summed E-state index contributed by atoms with van der Waals surface area (Å²) in [4.78, 5) is 4.54. The number of aryl methyl sites for hydroxylation is 2. The molecule has 0 saturated carbocycles. The summed E-state index contributed by atoms with van der Waals surface area (Å²) in [5.74, 6) is 1.32. The molecule has 3 rings (SSSR count). The van der Waals surface area contributed by atoms with E-state index in [0.29, 0.717) is 24.5 Å². The Morgan fingerprint density at radius 1 is 1.08 bits per heavy atom. The highest BCUT2D eigenvalue weighted by Gasteiger charge is 2.21. The number of aromatic nitrogens is 2. The fourth-order valence-electron chi connectivity index (χ4n) is 2.70. The van der Waals surface area contributed by atoms with Crippen LogP contribution in [0.1, 0.15) is 25.4 Å². The maximum absolute atomic E-state index is 12.9. The number of fused-ring (bicyclic) bond motifs is 1. The second-order valence-electron chi connectivity index (χ2n) is 5.56. The van der Waals surface area contributed by atoms with E-state index < -0.39 is 10.0 Å². The molecule has 0 aliphatic heterocycles. The topological polar surface area (TPSA) is 61.2 Å². The third kappa shape index (κ3) is 2.89. The first-order valence-corrected chi connectivity index (χ1v) is 9.36. The maximum Gasteiger partial charge on any atom is 0.269 e. The van der Waals surface area contributed by atoms with Crippen LogP contribution in [-0.4, -0.2) is 24.0 Å². The average Bonchev–Trinajstić information content (AvgIpc) is 2.96. The molecule has 3 aromatic rings. The van der Waals surface area contributed by atoms with Crippen molar-refractivity contribution in [2.45, 2.75) is 32.1 Å². The summed E-state index contributed by atoms with van der Waals surface area (Å²) < 4.78 is 32.6. The minimum atomic E-state index is -3.65. The zero-order valence-electron chi connectivity index (χ0n) is 14.0. The van der Waals surface area contributed by atoms with Crippen LogP contribution in [0.2, 0.25) is 0 Å². The van der Waals surface area contributed by atoms with Gasteiger partial charge in [-0.05, 0) is 48.9 Å². The number of nitrogens with zero attached hydrogens (tertiary/aromatic N) is 2. The summed E-state index contributed by atoms with van der Waals surface area (Å²) in [6.07, 6.45) is 2.12. The number of hydrogen-bond donors (Lipinski definition) is 0. The Bertz CT molecular complexity index is 991. The largest absolute Gasteiger partial charge is 0.494 e. The molecule has 2 aromatic carbocycles. The van der Waals surface area contributed by atoms with Gasteiger partial charge in [0, 0.05) is 12.6 Å². The minimum absolute atomic E-state index is 0.256. The van der Waals surface area contributed by atoms with E-state index in [4.69, 9.17) is 4.74 Å². The van der Waals surface area contributed by atoms with Gasteiger partial charge in [0.05, 0.1) is 17.2 Å². The number of benzene rings is 2. The molecule has 0 aliphatic rings. The van der Waals surface area contributed by atoms with E-state index in [9.17, 15) is 8.42 Å². The summed E-state index contributed by atoms with van der Waals surface area (Å²) in [6, 6.07) is 10.8. The third-order valence-corrected chi connectivity index (χ3v) is 5.51. The minimum Gasteiger partial charge on any atom is -0.494 e. The summed E-state index contributed by atoms with van der Waals surface area (Å²) in [6.45, 7) is 6.21. The normalized spacial score (nSPS) is 11.8. The van der Waals surface area contributed by atoms with Crippen molar-refractivity contribution in [2.24, 2.45) is 0 Å². The van der Waals surface area contributed by atoms with Crippen LogP contribution in [0.4, 0.5) is 0 Å². The summed E-state index contributed by atoms with van der Waals surface area (Å²) in [5, 5.41) is 1.80. The van der Waals surface area contributed by atoms with Gasteiger partial charge >= 0.3 is 0 Å². The van der Waals surface area contributed by atoms with Gasteiger partial charge in [-0.15, -0.1) is 0 Å². The van der Waals surface area contributed by atoms with Crippen molar-refractivity contribution in [2.75, 3.05) is 6.61 Å². The number of rotatable bonds is 5. The highest BCUT2D eigenvalue weighted by molar-refractivity contribution is 7.90. The maximum atomic E-state index is 12.9. The third-order valence-electron chi connectivity index (χ3n) is 3.83. The van der Waals surface area contributed by atoms with Crippen LogP contribution in [0.5, 0.6) is 5.75 Å². The first-order chi connectivity index (χ1) is 11.5. The molecule has 0 N–H and O–H groups in total. The van der Waals surface area contributed by atoms with Crippen molar-refractivity contribution in [3.05, 3.63) is 54.1 Å². The van der Waals surface area contributed by atoms with Gasteiger partial charge in [-0.1, -0.05) is 19.1 Å². The molecule has 1 heterocycles. The lowest BCUT2D eigenvalue weighted by atomic mass is 10.1. The van der Waals surface area contributed by atoms with Gasteiger partial charge in [0.1, 0.15) is 11.6 Å². The predicted octanol–water partition coefficient (Wildman–Crippen LogP) is 3.54. The molecule has 126 valence electrons. The fraction of sp³-hybridized carbons (Fsp3) is 0.278. The molecule has 0 fully saturated rings. The molecule has 0 bridgehead atoms. The van der Waals surface area contributed by atoms with Crippen molar-refractivity contribution in [3.8, 4) is 5.75 Å².